The summed E-state index contributed by atoms with van der Waals surface area (Å²) in [5.74, 6) is -0.0606. The van der Waals surface area contributed by atoms with Gasteiger partial charge in [0.15, 0.2) is 5.69 Å². The van der Waals surface area contributed by atoms with Gasteiger partial charge >= 0.3 is 0 Å². The highest BCUT2D eigenvalue weighted by atomic mass is 35.5. The van der Waals surface area contributed by atoms with Gasteiger partial charge in [-0.2, -0.15) is 15.4 Å². The summed E-state index contributed by atoms with van der Waals surface area (Å²) in [5.41, 5.74) is 0.378. The summed E-state index contributed by atoms with van der Waals surface area (Å²) >= 11 is 6.04. The Kier molecular flexibility index (Phi) is 3.20. The molecule has 1 amide bonds. The molecule has 0 aromatic carbocycles. The van der Waals surface area contributed by atoms with Crippen LogP contribution in [0.5, 0.6) is 0 Å². The van der Waals surface area contributed by atoms with Gasteiger partial charge in [0.2, 0.25) is 0 Å². The molecule has 0 radical (unpaired) electrons. The lowest BCUT2D eigenvalue weighted by Crippen LogP contribution is -2.32. The van der Waals surface area contributed by atoms with Crippen LogP contribution in [0.2, 0.25) is 0 Å². The van der Waals surface area contributed by atoms with Crippen molar-refractivity contribution in [3.63, 3.8) is 0 Å². The topological polar surface area (TPSA) is 61.9 Å². The molecule has 1 unspecified atom stereocenters. The van der Waals surface area contributed by atoms with Gasteiger partial charge in [-0.3, -0.25) is 4.79 Å². The van der Waals surface area contributed by atoms with Gasteiger partial charge in [-0.15, -0.1) is 11.6 Å². The van der Waals surface area contributed by atoms with Crippen molar-refractivity contribution < 1.29 is 4.79 Å². The Morgan fingerprint density at radius 3 is 3.13 bits per heavy atom. The van der Waals surface area contributed by atoms with E-state index < -0.39 is 0 Å². The molecule has 1 atom stereocenters. The average Bonchev–Trinajstić information content (AvgIpc) is 2.67. The second kappa shape index (κ2) is 4.61. The number of aromatic nitrogens is 3. The van der Waals surface area contributed by atoms with Gasteiger partial charge in [-0.25, -0.2) is 0 Å². The number of H-pyrrole nitrogens is 1. The SMILES string of the molecule is O=C(c1cn[nH]n1)N1CCCC(Cl)CC1. The lowest BCUT2D eigenvalue weighted by Gasteiger charge is -2.18. The minimum Gasteiger partial charge on any atom is -0.337 e. The minimum atomic E-state index is -0.0606. The number of likely N-dealkylation sites (tertiary alicyclic amines) is 1. The van der Waals surface area contributed by atoms with E-state index in [1.54, 1.807) is 4.90 Å². The average molecular weight is 229 g/mol. The Hall–Kier alpha value is -1.10. The fourth-order valence-electron chi connectivity index (χ4n) is 1.73. The first kappa shape index (κ1) is 10.4. The van der Waals surface area contributed by atoms with Gasteiger partial charge < -0.3 is 4.90 Å². The van der Waals surface area contributed by atoms with E-state index in [0.29, 0.717) is 12.2 Å². The fourth-order valence-corrected chi connectivity index (χ4v) is 1.98. The molecule has 82 valence electrons. The van der Waals surface area contributed by atoms with Crippen LogP contribution in [0.3, 0.4) is 0 Å². The largest absolute Gasteiger partial charge is 0.337 e. The van der Waals surface area contributed by atoms with Crippen molar-refractivity contribution >= 4 is 17.5 Å². The van der Waals surface area contributed by atoms with Crippen molar-refractivity contribution in [1.29, 1.82) is 0 Å². The Morgan fingerprint density at radius 1 is 1.53 bits per heavy atom. The van der Waals surface area contributed by atoms with E-state index in [4.69, 9.17) is 11.6 Å². The number of alkyl halides is 1. The molecule has 15 heavy (non-hydrogen) atoms. The van der Waals surface area contributed by atoms with Gasteiger partial charge in [0, 0.05) is 18.5 Å². The first-order valence-corrected chi connectivity index (χ1v) is 5.50. The standard InChI is InChI=1S/C9H13ClN4O/c10-7-2-1-4-14(5-3-7)9(15)8-6-11-13-12-8/h6-7H,1-5H2,(H,11,12,13). The molecule has 0 bridgehead atoms. The highest BCUT2D eigenvalue weighted by Crippen LogP contribution is 2.16. The molecule has 2 heterocycles. The third kappa shape index (κ3) is 2.47. The molecular weight excluding hydrogens is 216 g/mol. The molecule has 1 aliphatic heterocycles. The number of rotatable bonds is 1. The van der Waals surface area contributed by atoms with Crippen molar-refractivity contribution in [2.75, 3.05) is 13.1 Å². The molecule has 6 heteroatoms. The van der Waals surface area contributed by atoms with Crippen molar-refractivity contribution in [3.8, 4) is 0 Å². The highest BCUT2D eigenvalue weighted by molar-refractivity contribution is 6.20. The molecule has 2 rings (SSSR count). The first-order valence-electron chi connectivity index (χ1n) is 5.06. The Balaban J connectivity index is 2.01. The number of amides is 1. The van der Waals surface area contributed by atoms with Crippen LogP contribution in [0, 0.1) is 0 Å². The van der Waals surface area contributed by atoms with Gasteiger partial charge in [-0.1, -0.05) is 0 Å². The molecule has 1 aliphatic rings. The maximum Gasteiger partial charge on any atom is 0.276 e. The number of aromatic amines is 1. The summed E-state index contributed by atoms with van der Waals surface area (Å²) in [7, 11) is 0. The molecule has 1 saturated heterocycles. The number of carbonyl (C=O) groups is 1. The van der Waals surface area contributed by atoms with E-state index in [0.717, 1.165) is 25.8 Å². The molecule has 5 nitrogen and oxygen atoms in total. The van der Waals surface area contributed by atoms with Crippen molar-refractivity contribution in [3.05, 3.63) is 11.9 Å². The second-order valence-electron chi connectivity index (χ2n) is 3.68. The van der Waals surface area contributed by atoms with Gasteiger partial charge in [0.25, 0.3) is 5.91 Å². The zero-order valence-corrected chi connectivity index (χ0v) is 9.07. The Labute approximate surface area is 92.8 Å². The van der Waals surface area contributed by atoms with E-state index in [-0.39, 0.29) is 11.3 Å². The predicted octanol–water partition coefficient (Wildman–Crippen LogP) is 1.04. The van der Waals surface area contributed by atoms with Crippen LogP contribution >= 0.6 is 11.6 Å². The minimum absolute atomic E-state index is 0.0606. The molecule has 0 spiro atoms. The van der Waals surface area contributed by atoms with Crippen molar-refractivity contribution in [1.82, 2.24) is 20.3 Å². The van der Waals surface area contributed by atoms with E-state index >= 15 is 0 Å². The molecule has 1 N–H and O–H groups in total. The van der Waals surface area contributed by atoms with Crippen molar-refractivity contribution in [2.24, 2.45) is 0 Å². The summed E-state index contributed by atoms with van der Waals surface area (Å²) < 4.78 is 0. The van der Waals surface area contributed by atoms with Gasteiger partial charge in [0.05, 0.1) is 6.20 Å². The summed E-state index contributed by atoms with van der Waals surface area (Å²) in [5, 5.41) is 10.0. The number of nitrogens with one attached hydrogen (secondary N) is 1. The third-order valence-electron chi connectivity index (χ3n) is 2.58. The van der Waals surface area contributed by atoms with E-state index in [1.165, 1.54) is 6.20 Å². The smallest absolute Gasteiger partial charge is 0.276 e. The normalized spacial score (nSPS) is 22.5. The molecule has 1 fully saturated rings. The number of carbonyl (C=O) groups excluding carboxylic acids is 1. The monoisotopic (exact) mass is 228 g/mol. The zero-order valence-electron chi connectivity index (χ0n) is 8.32. The fraction of sp³-hybridized carbons (Fsp3) is 0.667. The molecule has 1 aromatic heterocycles. The summed E-state index contributed by atoms with van der Waals surface area (Å²) in [4.78, 5) is 13.7. The van der Waals surface area contributed by atoms with Crippen LogP contribution in [0.1, 0.15) is 29.8 Å². The van der Waals surface area contributed by atoms with Crippen LogP contribution in [-0.2, 0) is 0 Å². The Bertz CT molecular complexity index is 327. The maximum absolute atomic E-state index is 11.9. The predicted molar refractivity (Wildman–Crippen MR) is 55.8 cm³/mol. The summed E-state index contributed by atoms with van der Waals surface area (Å²) in [6, 6.07) is 0. The van der Waals surface area contributed by atoms with Gasteiger partial charge in [-0.05, 0) is 19.3 Å². The number of hydrogen-bond acceptors (Lipinski definition) is 3. The number of halogens is 1. The first-order chi connectivity index (χ1) is 7.27. The molecule has 0 saturated carbocycles. The Morgan fingerprint density at radius 2 is 2.40 bits per heavy atom. The van der Waals surface area contributed by atoms with Crippen LogP contribution in [0.4, 0.5) is 0 Å². The summed E-state index contributed by atoms with van der Waals surface area (Å²) in [6.45, 7) is 1.47. The lowest BCUT2D eigenvalue weighted by molar-refractivity contribution is 0.0756. The van der Waals surface area contributed by atoms with E-state index in [2.05, 4.69) is 15.4 Å². The maximum atomic E-state index is 11.9. The molecular formula is C9H13ClN4O. The zero-order chi connectivity index (χ0) is 10.7. The third-order valence-corrected chi connectivity index (χ3v) is 3.02. The molecule has 0 aliphatic carbocycles. The van der Waals surface area contributed by atoms with Crippen LogP contribution in [0.15, 0.2) is 6.20 Å². The van der Waals surface area contributed by atoms with E-state index in [1.807, 2.05) is 0 Å². The molecule has 1 aromatic rings. The van der Waals surface area contributed by atoms with Crippen LogP contribution < -0.4 is 0 Å². The van der Waals surface area contributed by atoms with Crippen molar-refractivity contribution in [2.45, 2.75) is 24.6 Å². The number of hydrogen-bond donors (Lipinski definition) is 1. The van der Waals surface area contributed by atoms with Gasteiger partial charge in [0.1, 0.15) is 0 Å². The van der Waals surface area contributed by atoms with Crippen LogP contribution in [0.25, 0.3) is 0 Å². The lowest BCUT2D eigenvalue weighted by atomic mass is 10.2. The quantitative estimate of drug-likeness (QED) is 0.731. The van der Waals surface area contributed by atoms with E-state index in [9.17, 15) is 4.79 Å². The summed E-state index contributed by atoms with van der Waals surface area (Å²) in [6.07, 6.45) is 4.23. The van der Waals surface area contributed by atoms with Crippen LogP contribution in [-0.4, -0.2) is 44.7 Å². The number of nitrogens with zero attached hydrogens (tertiary/aromatic N) is 3. The second-order valence-corrected chi connectivity index (χ2v) is 4.29. The highest BCUT2D eigenvalue weighted by Gasteiger charge is 2.21.